The van der Waals surface area contributed by atoms with Crippen LogP contribution in [-0.2, 0) is 16.6 Å². The van der Waals surface area contributed by atoms with Gasteiger partial charge in [0.15, 0.2) is 0 Å². The molecule has 1 aromatic carbocycles. The van der Waals surface area contributed by atoms with Crippen molar-refractivity contribution < 1.29 is 8.42 Å². The van der Waals surface area contributed by atoms with E-state index in [2.05, 4.69) is 4.90 Å². The summed E-state index contributed by atoms with van der Waals surface area (Å²) in [5.41, 5.74) is 7.44. The molecule has 19 heavy (non-hydrogen) atoms. The highest BCUT2D eigenvalue weighted by Crippen LogP contribution is 2.20. The maximum absolute atomic E-state index is 11.4. The van der Waals surface area contributed by atoms with E-state index in [9.17, 15) is 8.42 Å². The second-order valence-electron chi connectivity index (χ2n) is 4.79. The van der Waals surface area contributed by atoms with Crippen molar-refractivity contribution in [1.29, 1.82) is 0 Å². The highest BCUT2D eigenvalue weighted by molar-refractivity contribution is 7.88. The van der Waals surface area contributed by atoms with Gasteiger partial charge in [0.2, 0.25) is 10.0 Å². The van der Waals surface area contributed by atoms with Crippen molar-refractivity contribution in [3.63, 3.8) is 0 Å². The molecule has 0 unspecified atom stereocenters. The normalized spacial score (nSPS) is 18.6. The molecule has 0 spiro atoms. The predicted molar refractivity (Wildman–Crippen MR) is 77.6 cm³/mol. The van der Waals surface area contributed by atoms with Gasteiger partial charge in [-0.1, -0.05) is 17.7 Å². The third kappa shape index (κ3) is 3.82. The Morgan fingerprint density at radius 1 is 1.26 bits per heavy atom. The first-order chi connectivity index (χ1) is 8.86. The Morgan fingerprint density at radius 3 is 2.42 bits per heavy atom. The highest BCUT2D eigenvalue weighted by atomic mass is 35.5. The van der Waals surface area contributed by atoms with Crippen LogP contribution in [0.3, 0.4) is 0 Å². The SMILES string of the molecule is CS(=O)(=O)N1CCN(Cc2ccc(Cl)c(N)c2)CC1. The molecule has 2 N–H and O–H groups in total. The molecule has 0 atom stereocenters. The molecule has 0 bridgehead atoms. The third-order valence-electron chi connectivity index (χ3n) is 3.27. The molecule has 7 heteroatoms. The van der Waals surface area contributed by atoms with Gasteiger partial charge in [-0.05, 0) is 17.7 Å². The van der Waals surface area contributed by atoms with E-state index < -0.39 is 10.0 Å². The summed E-state index contributed by atoms with van der Waals surface area (Å²) in [6.45, 7) is 3.31. The highest BCUT2D eigenvalue weighted by Gasteiger charge is 2.23. The Morgan fingerprint density at radius 2 is 1.89 bits per heavy atom. The zero-order valence-electron chi connectivity index (χ0n) is 10.8. The number of nitrogen functional groups attached to an aromatic ring is 1. The molecule has 106 valence electrons. The van der Waals surface area contributed by atoms with Crippen molar-refractivity contribution in [2.24, 2.45) is 0 Å². The summed E-state index contributed by atoms with van der Waals surface area (Å²) in [4.78, 5) is 2.21. The van der Waals surface area contributed by atoms with Crippen molar-refractivity contribution in [2.45, 2.75) is 6.54 Å². The lowest BCUT2D eigenvalue weighted by Gasteiger charge is -2.33. The third-order valence-corrected chi connectivity index (χ3v) is 4.91. The number of nitrogens with zero attached hydrogens (tertiary/aromatic N) is 2. The van der Waals surface area contributed by atoms with E-state index in [1.807, 2.05) is 12.1 Å². The molecule has 0 aromatic heterocycles. The Hall–Kier alpha value is -0.820. The zero-order chi connectivity index (χ0) is 14.0. The van der Waals surface area contributed by atoms with Gasteiger partial charge in [-0.2, -0.15) is 4.31 Å². The van der Waals surface area contributed by atoms with E-state index in [1.54, 1.807) is 6.07 Å². The molecular formula is C12H18ClN3O2S. The average Bonchev–Trinajstić information content (AvgIpc) is 2.33. The molecule has 1 aliphatic heterocycles. The van der Waals surface area contributed by atoms with Crippen LogP contribution in [0.15, 0.2) is 18.2 Å². The van der Waals surface area contributed by atoms with E-state index in [0.717, 1.165) is 25.2 Å². The molecular weight excluding hydrogens is 286 g/mol. The van der Waals surface area contributed by atoms with Crippen molar-refractivity contribution >= 4 is 27.3 Å². The quantitative estimate of drug-likeness (QED) is 0.846. The summed E-state index contributed by atoms with van der Waals surface area (Å²) in [5, 5.41) is 0.561. The summed E-state index contributed by atoms with van der Waals surface area (Å²) >= 11 is 5.88. The van der Waals surface area contributed by atoms with Gasteiger partial charge in [0, 0.05) is 32.7 Å². The van der Waals surface area contributed by atoms with Crippen LogP contribution in [0.4, 0.5) is 5.69 Å². The maximum atomic E-state index is 11.4. The van der Waals surface area contributed by atoms with Crippen LogP contribution in [0, 0.1) is 0 Å². The molecule has 1 fully saturated rings. The molecule has 1 saturated heterocycles. The number of anilines is 1. The van der Waals surface area contributed by atoms with Crippen LogP contribution >= 0.6 is 11.6 Å². The van der Waals surface area contributed by atoms with Gasteiger partial charge >= 0.3 is 0 Å². The standard InChI is InChI=1S/C12H18ClN3O2S/c1-19(17,18)16-6-4-15(5-7-16)9-10-2-3-11(13)12(14)8-10/h2-3,8H,4-7,9,14H2,1H3. The number of benzene rings is 1. The zero-order valence-corrected chi connectivity index (χ0v) is 12.4. The monoisotopic (exact) mass is 303 g/mol. The van der Waals surface area contributed by atoms with E-state index in [-0.39, 0.29) is 0 Å². The number of halogens is 1. The van der Waals surface area contributed by atoms with Gasteiger partial charge in [0.05, 0.1) is 17.0 Å². The Labute approximate surface area is 119 Å². The van der Waals surface area contributed by atoms with E-state index in [4.69, 9.17) is 17.3 Å². The first kappa shape index (κ1) is 14.6. The molecule has 1 heterocycles. The summed E-state index contributed by atoms with van der Waals surface area (Å²) in [7, 11) is -3.07. The van der Waals surface area contributed by atoms with Gasteiger partial charge < -0.3 is 5.73 Å². The second kappa shape index (κ2) is 5.66. The first-order valence-electron chi connectivity index (χ1n) is 6.07. The lowest BCUT2D eigenvalue weighted by molar-refractivity contribution is 0.182. The Balaban J connectivity index is 1.94. The molecule has 0 radical (unpaired) electrons. The Bertz CT molecular complexity index is 554. The molecule has 1 aromatic rings. The molecule has 5 nitrogen and oxygen atoms in total. The Kier molecular flexibility index (Phi) is 4.35. The number of hydrogen-bond donors (Lipinski definition) is 1. The predicted octanol–water partition coefficient (Wildman–Crippen LogP) is 0.999. The minimum absolute atomic E-state index is 0.544. The molecule has 2 rings (SSSR count). The van der Waals surface area contributed by atoms with Gasteiger partial charge in [-0.25, -0.2) is 8.42 Å². The van der Waals surface area contributed by atoms with Crippen molar-refractivity contribution in [3.8, 4) is 0 Å². The molecule has 0 aliphatic carbocycles. The number of rotatable bonds is 3. The minimum Gasteiger partial charge on any atom is -0.398 e. The number of piperazine rings is 1. The largest absolute Gasteiger partial charge is 0.398 e. The van der Waals surface area contributed by atoms with E-state index in [0.29, 0.717) is 23.8 Å². The smallest absolute Gasteiger partial charge is 0.211 e. The van der Waals surface area contributed by atoms with Crippen molar-refractivity contribution in [1.82, 2.24) is 9.21 Å². The van der Waals surface area contributed by atoms with Crippen LogP contribution in [0.5, 0.6) is 0 Å². The summed E-state index contributed by atoms with van der Waals surface area (Å²) in [6.07, 6.45) is 1.25. The fourth-order valence-electron chi connectivity index (χ4n) is 2.17. The fraction of sp³-hybridized carbons (Fsp3) is 0.500. The van der Waals surface area contributed by atoms with Crippen LogP contribution in [0.25, 0.3) is 0 Å². The molecule has 1 aliphatic rings. The van der Waals surface area contributed by atoms with Gasteiger partial charge in [-0.15, -0.1) is 0 Å². The lowest BCUT2D eigenvalue weighted by Crippen LogP contribution is -2.47. The van der Waals surface area contributed by atoms with Crippen molar-refractivity contribution in [3.05, 3.63) is 28.8 Å². The van der Waals surface area contributed by atoms with Crippen LogP contribution < -0.4 is 5.73 Å². The van der Waals surface area contributed by atoms with Crippen molar-refractivity contribution in [2.75, 3.05) is 38.2 Å². The van der Waals surface area contributed by atoms with Crippen LogP contribution in [0.2, 0.25) is 5.02 Å². The van der Waals surface area contributed by atoms with Crippen LogP contribution in [0.1, 0.15) is 5.56 Å². The molecule has 0 saturated carbocycles. The number of sulfonamides is 1. The maximum Gasteiger partial charge on any atom is 0.211 e. The average molecular weight is 304 g/mol. The summed E-state index contributed by atoms with van der Waals surface area (Å²) in [6, 6.07) is 5.60. The lowest BCUT2D eigenvalue weighted by atomic mass is 10.2. The van der Waals surface area contributed by atoms with Gasteiger partial charge in [0.1, 0.15) is 0 Å². The number of nitrogens with two attached hydrogens (primary N) is 1. The van der Waals surface area contributed by atoms with Gasteiger partial charge in [0.25, 0.3) is 0 Å². The fourth-order valence-corrected chi connectivity index (χ4v) is 3.11. The van der Waals surface area contributed by atoms with Gasteiger partial charge in [-0.3, -0.25) is 4.90 Å². The summed E-state index contributed by atoms with van der Waals surface area (Å²) in [5.74, 6) is 0. The van der Waals surface area contributed by atoms with E-state index >= 15 is 0 Å². The number of hydrogen-bond acceptors (Lipinski definition) is 4. The minimum atomic E-state index is -3.07. The second-order valence-corrected chi connectivity index (χ2v) is 7.18. The van der Waals surface area contributed by atoms with E-state index in [1.165, 1.54) is 10.6 Å². The first-order valence-corrected chi connectivity index (χ1v) is 8.30. The molecule has 0 amide bonds. The topological polar surface area (TPSA) is 66.6 Å². The van der Waals surface area contributed by atoms with Crippen LogP contribution in [-0.4, -0.2) is 50.1 Å². The summed E-state index contributed by atoms with van der Waals surface area (Å²) < 4.78 is 24.3.